The van der Waals surface area contributed by atoms with E-state index in [1.54, 1.807) is 14.2 Å². The third kappa shape index (κ3) is 3.39. The summed E-state index contributed by atoms with van der Waals surface area (Å²) in [6, 6.07) is 6.28. The minimum Gasteiger partial charge on any atom is -0.497 e. The third-order valence-corrected chi connectivity index (χ3v) is 3.94. The van der Waals surface area contributed by atoms with E-state index < -0.39 is 0 Å². The van der Waals surface area contributed by atoms with Crippen molar-refractivity contribution in [3.8, 4) is 11.5 Å². The Labute approximate surface area is 115 Å². The molecule has 0 bridgehead atoms. The molecule has 0 saturated carbocycles. The van der Waals surface area contributed by atoms with Crippen LogP contribution in [-0.4, -0.2) is 38.3 Å². The quantitative estimate of drug-likeness (QED) is 0.882. The van der Waals surface area contributed by atoms with Gasteiger partial charge in [0.15, 0.2) is 0 Å². The smallest absolute Gasteiger partial charge is 0.127 e. The molecule has 1 saturated heterocycles. The van der Waals surface area contributed by atoms with Gasteiger partial charge in [-0.2, -0.15) is 0 Å². The summed E-state index contributed by atoms with van der Waals surface area (Å²) in [5.74, 6) is 2.34. The Morgan fingerprint density at radius 1 is 1.37 bits per heavy atom. The lowest BCUT2D eigenvalue weighted by atomic mass is 10.0. The second kappa shape index (κ2) is 6.26. The van der Waals surface area contributed by atoms with Crippen molar-refractivity contribution in [1.29, 1.82) is 0 Å². The van der Waals surface area contributed by atoms with Gasteiger partial charge in [-0.3, -0.25) is 4.90 Å². The average Bonchev–Trinajstić information content (AvgIpc) is 2.88. The number of ether oxygens (including phenoxy) is 2. The molecule has 0 aromatic heterocycles. The summed E-state index contributed by atoms with van der Waals surface area (Å²) in [5, 5.41) is 0. The fourth-order valence-corrected chi connectivity index (χ4v) is 2.66. The molecule has 0 amide bonds. The molecule has 106 valence electrons. The van der Waals surface area contributed by atoms with Crippen LogP contribution in [0.5, 0.6) is 11.5 Å². The van der Waals surface area contributed by atoms with Gasteiger partial charge in [0.25, 0.3) is 0 Å². The molecule has 0 spiro atoms. The van der Waals surface area contributed by atoms with Crippen molar-refractivity contribution >= 4 is 0 Å². The number of hydrogen-bond donors (Lipinski definition) is 1. The van der Waals surface area contributed by atoms with E-state index in [9.17, 15) is 0 Å². The summed E-state index contributed by atoms with van der Waals surface area (Å²) < 4.78 is 10.7. The van der Waals surface area contributed by atoms with E-state index in [1.807, 2.05) is 12.1 Å². The van der Waals surface area contributed by atoms with Crippen molar-refractivity contribution in [2.75, 3.05) is 27.3 Å². The molecule has 0 aliphatic carbocycles. The van der Waals surface area contributed by atoms with Gasteiger partial charge in [-0.1, -0.05) is 6.07 Å². The van der Waals surface area contributed by atoms with Crippen LogP contribution in [0.1, 0.15) is 18.9 Å². The van der Waals surface area contributed by atoms with Crippen LogP contribution < -0.4 is 15.2 Å². The van der Waals surface area contributed by atoms with Crippen LogP contribution in [0.2, 0.25) is 0 Å². The monoisotopic (exact) mass is 264 g/mol. The van der Waals surface area contributed by atoms with E-state index >= 15 is 0 Å². The van der Waals surface area contributed by atoms with Gasteiger partial charge in [0.2, 0.25) is 0 Å². The lowest BCUT2D eigenvalue weighted by Crippen LogP contribution is -2.29. The summed E-state index contributed by atoms with van der Waals surface area (Å²) in [5.41, 5.74) is 7.18. The van der Waals surface area contributed by atoms with E-state index in [0.717, 1.165) is 31.1 Å². The number of likely N-dealkylation sites (tertiary alicyclic amines) is 1. The molecule has 2 rings (SSSR count). The van der Waals surface area contributed by atoms with Gasteiger partial charge in [-0.25, -0.2) is 0 Å². The van der Waals surface area contributed by atoms with Gasteiger partial charge in [0, 0.05) is 30.8 Å². The predicted octanol–water partition coefficient (Wildman–Crippen LogP) is 1.87. The molecule has 4 heteroatoms. The van der Waals surface area contributed by atoms with Crippen molar-refractivity contribution in [1.82, 2.24) is 4.90 Å². The molecular weight excluding hydrogens is 240 g/mol. The standard InChI is InChI=1S/C15H24N2O2/c1-11(16)12-6-7-17(9-12)10-13-4-5-14(18-2)8-15(13)19-3/h4-5,8,11-12H,6-7,9-10,16H2,1-3H3. The summed E-state index contributed by atoms with van der Waals surface area (Å²) in [4.78, 5) is 2.44. The van der Waals surface area contributed by atoms with Gasteiger partial charge < -0.3 is 15.2 Å². The van der Waals surface area contributed by atoms with Crippen molar-refractivity contribution in [3.63, 3.8) is 0 Å². The highest BCUT2D eigenvalue weighted by atomic mass is 16.5. The van der Waals surface area contributed by atoms with Gasteiger partial charge in [-0.15, -0.1) is 0 Å². The Hall–Kier alpha value is -1.26. The second-order valence-corrected chi connectivity index (χ2v) is 5.32. The first-order valence-electron chi connectivity index (χ1n) is 6.83. The fourth-order valence-electron chi connectivity index (χ4n) is 2.66. The summed E-state index contributed by atoms with van der Waals surface area (Å²) in [6.07, 6.45) is 1.19. The van der Waals surface area contributed by atoms with Gasteiger partial charge in [0.1, 0.15) is 11.5 Å². The first-order chi connectivity index (χ1) is 9.13. The van der Waals surface area contributed by atoms with E-state index in [0.29, 0.717) is 5.92 Å². The Bertz CT molecular complexity index is 421. The highest BCUT2D eigenvalue weighted by Crippen LogP contribution is 2.28. The lowest BCUT2D eigenvalue weighted by molar-refractivity contribution is 0.300. The van der Waals surface area contributed by atoms with Crippen LogP contribution >= 0.6 is 0 Å². The highest BCUT2D eigenvalue weighted by Gasteiger charge is 2.25. The number of benzene rings is 1. The molecule has 2 unspecified atom stereocenters. The normalized spacial score (nSPS) is 21.4. The van der Waals surface area contributed by atoms with E-state index in [2.05, 4.69) is 17.9 Å². The number of hydrogen-bond acceptors (Lipinski definition) is 4. The largest absolute Gasteiger partial charge is 0.497 e. The van der Waals surface area contributed by atoms with Crippen LogP contribution in [-0.2, 0) is 6.54 Å². The number of methoxy groups -OCH3 is 2. The Balaban J connectivity index is 2.03. The molecule has 0 radical (unpaired) electrons. The summed E-state index contributed by atoms with van der Waals surface area (Å²) in [7, 11) is 3.37. The number of nitrogens with two attached hydrogens (primary N) is 1. The summed E-state index contributed by atoms with van der Waals surface area (Å²) in [6.45, 7) is 5.20. The molecular formula is C15H24N2O2. The van der Waals surface area contributed by atoms with Gasteiger partial charge in [-0.05, 0) is 31.9 Å². The van der Waals surface area contributed by atoms with Gasteiger partial charge >= 0.3 is 0 Å². The van der Waals surface area contributed by atoms with E-state index in [4.69, 9.17) is 15.2 Å². The molecule has 1 aromatic carbocycles. The maximum Gasteiger partial charge on any atom is 0.127 e. The average molecular weight is 264 g/mol. The van der Waals surface area contributed by atoms with Crippen LogP contribution in [0.15, 0.2) is 18.2 Å². The van der Waals surface area contributed by atoms with Crippen molar-refractivity contribution < 1.29 is 9.47 Å². The highest BCUT2D eigenvalue weighted by molar-refractivity contribution is 5.40. The second-order valence-electron chi connectivity index (χ2n) is 5.32. The maximum absolute atomic E-state index is 5.98. The summed E-state index contributed by atoms with van der Waals surface area (Å²) >= 11 is 0. The molecule has 19 heavy (non-hydrogen) atoms. The third-order valence-electron chi connectivity index (χ3n) is 3.94. The van der Waals surface area contributed by atoms with Crippen LogP contribution in [0.4, 0.5) is 0 Å². The number of rotatable bonds is 5. The Morgan fingerprint density at radius 3 is 2.74 bits per heavy atom. The van der Waals surface area contributed by atoms with Gasteiger partial charge in [0.05, 0.1) is 14.2 Å². The first kappa shape index (κ1) is 14.2. The molecule has 2 atom stereocenters. The SMILES string of the molecule is COc1ccc(CN2CCC(C(C)N)C2)c(OC)c1. The topological polar surface area (TPSA) is 47.7 Å². The van der Waals surface area contributed by atoms with Crippen molar-refractivity contribution in [2.45, 2.75) is 25.9 Å². The molecule has 1 aliphatic heterocycles. The molecule has 1 heterocycles. The van der Waals surface area contributed by atoms with E-state index in [1.165, 1.54) is 12.0 Å². The number of nitrogens with zero attached hydrogens (tertiary/aromatic N) is 1. The zero-order chi connectivity index (χ0) is 13.8. The first-order valence-corrected chi connectivity index (χ1v) is 6.83. The minimum absolute atomic E-state index is 0.280. The van der Waals surface area contributed by atoms with Crippen molar-refractivity contribution in [3.05, 3.63) is 23.8 Å². The fraction of sp³-hybridized carbons (Fsp3) is 0.600. The minimum atomic E-state index is 0.280. The molecule has 2 N–H and O–H groups in total. The van der Waals surface area contributed by atoms with Crippen LogP contribution in [0.25, 0.3) is 0 Å². The Morgan fingerprint density at radius 2 is 2.16 bits per heavy atom. The van der Waals surface area contributed by atoms with Crippen LogP contribution in [0, 0.1) is 5.92 Å². The van der Waals surface area contributed by atoms with Crippen LogP contribution in [0.3, 0.4) is 0 Å². The Kier molecular flexibility index (Phi) is 4.66. The molecule has 1 aliphatic rings. The lowest BCUT2D eigenvalue weighted by Gasteiger charge is -2.19. The zero-order valence-electron chi connectivity index (χ0n) is 12.1. The molecule has 4 nitrogen and oxygen atoms in total. The zero-order valence-corrected chi connectivity index (χ0v) is 12.1. The molecule has 1 fully saturated rings. The van der Waals surface area contributed by atoms with Crippen molar-refractivity contribution in [2.24, 2.45) is 11.7 Å². The predicted molar refractivity (Wildman–Crippen MR) is 76.6 cm³/mol. The molecule has 1 aromatic rings. The maximum atomic E-state index is 5.98. The van der Waals surface area contributed by atoms with E-state index in [-0.39, 0.29) is 6.04 Å².